The molecule has 4 heteroatoms. The number of hydrogen-bond donors (Lipinski definition) is 0. The first kappa shape index (κ1) is 33.1. The summed E-state index contributed by atoms with van der Waals surface area (Å²) in [5, 5.41) is 5.77. The van der Waals surface area contributed by atoms with Crippen LogP contribution < -0.4 is 0 Å². The highest BCUT2D eigenvalue weighted by Crippen LogP contribution is 2.50. The van der Waals surface area contributed by atoms with Gasteiger partial charge in [-0.15, -0.1) is 0 Å². The Morgan fingerprint density at radius 2 is 0.877 bits per heavy atom. The molecule has 0 amide bonds. The highest BCUT2D eigenvalue weighted by molar-refractivity contribution is 6.01. The zero-order chi connectivity index (χ0) is 38.1. The maximum atomic E-state index is 5.41. The molecule has 0 spiro atoms. The molecule has 0 fully saturated rings. The normalized spacial score (nSPS) is 12.9. The molecule has 0 unspecified atom stereocenters. The minimum Gasteiger partial charge on any atom is -0.248 e. The van der Waals surface area contributed by atoms with Crippen LogP contribution in [0, 0.1) is 0 Å². The molecule has 57 heavy (non-hydrogen) atoms. The van der Waals surface area contributed by atoms with Crippen LogP contribution in [0.2, 0.25) is 0 Å². The van der Waals surface area contributed by atoms with Crippen molar-refractivity contribution in [2.75, 3.05) is 0 Å². The molecular formula is C53H36N4. The van der Waals surface area contributed by atoms with Gasteiger partial charge in [0.2, 0.25) is 0 Å². The van der Waals surface area contributed by atoms with Gasteiger partial charge in [-0.1, -0.05) is 159 Å². The summed E-state index contributed by atoms with van der Waals surface area (Å²) in [6, 6.07) is 64.4. The highest BCUT2D eigenvalue weighted by atomic mass is 15.0. The van der Waals surface area contributed by atoms with Gasteiger partial charge >= 0.3 is 0 Å². The molecule has 4 nitrogen and oxygen atoms in total. The fourth-order valence-electron chi connectivity index (χ4n) is 8.66. The topological polar surface area (TPSA) is 51.6 Å². The van der Waals surface area contributed by atoms with Gasteiger partial charge in [0.05, 0.1) is 11.2 Å². The van der Waals surface area contributed by atoms with E-state index in [1.807, 2.05) is 0 Å². The maximum absolute atomic E-state index is 5.41. The lowest BCUT2D eigenvalue weighted by molar-refractivity contribution is 0.661. The summed E-state index contributed by atoms with van der Waals surface area (Å²) in [7, 11) is 0. The third-order valence-electron chi connectivity index (χ3n) is 11.7. The number of nitrogens with zero attached hydrogens (tertiary/aromatic N) is 4. The van der Waals surface area contributed by atoms with Gasteiger partial charge in [-0.05, 0) is 91.3 Å². The second-order valence-corrected chi connectivity index (χ2v) is 15.5. The van der Waals surface area contributed by atoms with Crippen LogP contribution in [-0.2, 0) is 5.41 Å². The summed E-state index contributed by atoms with van der Waals surface area (Å²) in [5.41, 5.74) is 13.1. The van der Waals surface area contributed by atoms with Crippen molar-refractivity contribution in [3.63, 3.8) is 0 Å². The van der Waals surface area contributed by atoms with Gasteiger partial charge in [0, 0.05) is 33.1 Å². The number of fused-ring (bicyclic) bond motifs is 6. The van der Waals surface area contributed by atoms with E-state index in [4.69, 9.17) is 19.9 Å². The van der Waals surface area contributed by atoms with Gasteiger partial charge in [-0.2, -0.15) is 0 Å². The van der Waals surface area contributed by atoms with Gasteiger partial charge in [0.25, 0.3) is 0 Å². The Bertz CT molecular complexity index is 3120. The Kier molecular flexibility index (Phi) is 7.48. The molecule has 1 aliphatic carbocycles. The largest absolute Gasteiger partial charge is 0.248 e. The molecule has 0 atom stereocenters. The summed E-state index contributed by atoms with van der Waals surface area (Å²) in [6.45, 7) is 4.64. The highest BCUT2D eigenvalue weighted by Gasteiger charge is 2.35. The van der Waals surface area contributed by atoms with Crippen LogP contribution in [0.3, 0.4) is 0 Å². The summed E-state index contributed by atoms with van der Waals surface area (Å²) in [6.07, 6.45) is 0. The SMILES string of the molecule is CC1(C)c2ccccc2-c2cc3c(-c4ccccc4)cc(-c4cccc(-c5nc(-c6ccc7ccccc7c6)nc(-c6ccc7ccccc7c6)n5)c4)nc3cc21. The van der Waals surface area contributed by atoms with Crippen molar-refractivity contribution in [3.05, 3.63) is 193 Å². The Balaban J connectivity index is 1.09. The van der Waals surface area contributed by atoms with E-state index in [9.17, 15) is 0 Å². The summed E-state index contributed by atoms with van der Waals surface area (Å²) >= 11 is 0. The minimum atomic E-state index is -0.130. The third kappa shape index (κ3) is 5.60. The van der Waals surface area contributed by atoms with E-state index in [1.54, 1.807) is 0 Å². The zero-order valence-electron chi connectivity index (χ0n) is 31.6. The predicted molar refractivity (Wildman–Crippen MR) is 235 cm³/mol. The molecule has 0 N–H and O–H groups in total. The van der Waals surface area contributed by atoms with Gasteiger partial charge in [0.15, 0.2) is 17.5 Å². The Morgan fingerprint density at radius 1 is 0.333 bits per heavy atom. The standard InChI is InChI=1S/C53H36N4/c1-53(2)46-22-11-10-21-42(46)44-30-45-43(35-15-4-3-5-16-35)31-48(54-49(45)32-47(44)53)38-19-12-20-39(29-38)50-55-51(40-25-23-33-13-6-8-17-36(33)27-40)57-52(56-50)41-26-24-34-14-7-9-18-37(34)28-41/h3-32H,1-2H3. The summed E-state index contributed by atoms with van der Waals surface area (Å²) in [5.74, 6) is 1.87. The van der Waals surface area contributed by atoms with E-state index < -0.39 is 0 Å². The van der Waals surface area contributed by atoms with Gasteiger partial charge in [-0.25, -0.2) is 19.9 Å². The Labute approximate surface area is 331 Å². The van der Waals surface area contributed by atoms with E-state index in [2.05, 4.69) is 196 Å². The van der Waals surface area contributed by atoms with Crippen LogP contribution >= 0.6 is 0 Å². The lowest BCUT2D eigenvalue weighted by Gasteiger charge is -2.22. The molecule has 0 bridgehead atoms. The molecule has 2 heterocycles. The van der Waals surface area contributed by atoms with Gasteiger partial charge in [-0.3, -0.25) is 0 Å². The lowest BCUT2D eigenvalue weighted by atomic mass is 9.82. The lowest BCUT2D eigenvalue weighted by Crippen LogP contribution is -2.14. The van der Waals surface area contributed by atoms with Gasteiger partial charge in [0.1, 0.15) is 0 Å². The van der Waals surface area contributed by atoms with Crippen LogP contribution in [0.5, 0.6) is 0 Å². The zero-order valence-corrected chi connectivity index (χ0v) is 31.6. The van der Waals surface area contributed by atoms with E-state index in [1.165, 1.54) is 33.0 Å². The number of rotatable bonds is 5. The molecule has 1 aliphatic rings. The van der Waals surface area contributed by atoms with Crippen molar-refractivity contribution in [2.24, 2.45) is 0 Å². The molecule has 10 aromatic rings. The van der Waals surface area contributed by atoms with E-state index in [0.29, 0.717) is 17.5 Å². The van der Waals surface area contributed by atoms with Gasteiger partial charge < -0.3 is 0 Å². The molecule has 0 saturated carbocycles. The number of benzene rings is 8. The van der Waals surface area contributed by atoms with E-state index in [0.717, 1.165) is 60.8 Å². The fraction of sp³-hybridized carbons (Fsp3) is 0.0566. The van der Waals surface area contributed by atoms with Crippen molar-refractivity contribution < 1.29 is 0 Å². The monoisotopic (exact) mass is 728 g/mol. The fourth-order valence-corrected chi connectivity index (χ4v) is 8.66. The molecule has 0 radical (unpaired) electrons. The Hall–Kier alpha value is -7.30. The summed E-state index contributed by atoms with van der Waals surface area (Å²) < 4.78 is 0. The van der Waals surface area contributed by atoms with Crippen LogP contribution in [-0.4, -0.2) is 19.9 Å². The molecular weight excluding hydrogens is 693 g/mol. The summed E-state index contributed by atoms with van der Waals surface area (Å²) in [4.78, 5) is 20.8. The molecule has 0 aliphatic heterocycles. The Morgan fingerprint density at radius 3 is 1.54 bits per heavy atom. The molecule has 11 rings (SSSR count). The van der Waals surface area contributed by atoms with Crippen molar-refractivity contribution in [3.8, 4) is 67.7 Å². The average molecular weight is 729 g/mol. The van der Waals surface area contributed by atoms with E-state index in [-0.39, 0.29) is 5.41 Å². The smallest absolute Gasteiger partial charge is 0.164 e. The second kappa shape index (κ2) is 12.9. The average Bonchev–Trinajstić information content (AvgIpc) is 3.49. The third-order valence-corrected chi connectivity index (χ3v) is 11.7. The molecule has 268 valence electrons. The van der Waals surface area contributed by atoms with Crippen molar-refractivity contribution in [2.45, 2.75) is 19.3 Å². The van der Waals surface area contributed by atoms with Crippen LogP contribution in [0.4, 0.5) is 0 Å². The van der Waals surface area contributed by atoms with Crippen LogP contribution in [0.1, 0.15) is 25.0 Å². The molecule has 0 saturated heterocycles. The van der Waals surface area contributed by atoms with Crippen molar-refractivity contribution in [1.82, 2.24) is 19.9 Å². The molecule has 8 aromatic carbocycles. The van der Waals surface area contributed by atoms with E-state index >= 15 is 0 Å². The second-order valence-electron chi connectivity index (χ2n) is 15.5. The number of aromatic nitrogens is 4. The first-order valence-electron chi connectivity index (χ1n) is 19.5. The number of hydrogen-bond acceptors (Lipinski definition) is 4. The minimum absolute atomic E-state index is 0.130. The number of pyridine rings is 1. The predicted octanol–water partition coefficient (Wildman–Crippen LogP) is 13.4. The van der Waals surface area contributed by atoms with Crippen molar-refractivity contribution >= 4 is 32.4 Å². The van der Waals surface area contributed by atoms with Crippen molar-refractivity contribution in [1.29, 1.82) is 0 Å². The molecule has 2 aromatic heterocycles. The first-order valence-corrected chi connectivity index (χ1v) is 19.5. The van der Waals surface area contributed by atoms with Crippen LogP contribution in [0.25, 0.3) is 100 Å². The first-order chi connectivity index (χ1) is 28.0. The maximum Gasteiger partial charge on any atom is 0.164 e. The quantitative estimate of drug-likeness (QED) is 0.177. The van der Waals surface area contributed by atoms with Crippen LogP contribution in [0.15, 0.2) is 182 Å².